The molecule has 2 heterocycles. The molecule has 1 fully saturated rings. The van der Waals surface area contributed by atoms with Gasteiger partial charge in [-0.3, -0.25) is 4.79 Å². The molecular weight excluding hydrogens is 242 g/mol. The lowest BCUT2D eigenvalue weighted by Crippen LogP contribution is -2.33. The lowest BCUT2D eigenvalue weighted by atomic mass is 10.3. The standard InChI is InChI=1S/C10H15N3O3S/c11-8-6-9(12-7-8)10(14)13-2-1-4-17(15,16)5-3-13/h6-7,12H,1-5,11H2. The largest absolute Gasteiger partial charge is 0.397 e. The van der Waals surface area contributed by atoms with E-state index < -0.39 is 9.84 Å². The molecule has 1 saturated heterocycles. The molecule has 1 amide bonds. The zero-order valence-electron chi connectivity index (χ0n) is 9.35. The molecular formula is C10H15N3O3S. The first kappa shape index (κ1) is 12.0. The molecule has 0 spiro atoms. The Balaban J connectivity index is 2.10. The molecule has 0 unspecified atom stereocenters. The maximum atomic E-state index is 12.0. The number of carbonyl (C=O) groups excluding carboxylic acids is 1. The van der Waals surface area contributed by atoms with Crippen molar-refractivity contribution < 1.29 is 13.2 Å². The first-order valence-electron chi connectivity index (χ1n) is 5.41. The highest BCUT2D eigenvalue weighted by molar-refractivity contribution is 7.91. The first-order valence-corrected chi connectivity index (χ1v) is 7.24. The van der Waals surface area contributed by atoms with Crippen molar-refractivity contribution >= 4 is 21.4 Å². The van der Waals surface area contributed by atoms with Crippen molar-refractivity contribution in [3.8, 4) is 0 Å². The van der Waals surface area contributed by atoms with Gasteiger partial charge in [0.25, 0.3) is 5.91 Å². The number of amides is 1. The summed E-state index contributed by atoms with van der Waals surface area (Å²) in [6.45, 7) is 0.719. The molecule has 0 aromatic carbocycles. The Morgan fingerprint density at radius 1 is 1.35 bits per heavy atom. The summed E-state index contributed by atoms with van der Waals surface area (Å²) in [4.78, 5) is 16.4. The molecule has 0 saturated carbocycles. The van der Waals surface area contributed by atoms with E-state index in [1.54, 1.807) is 17.2 Å². The number of nitrogens with one attached hydrogen (secondary N) is 1. The van der Waals surface area contributed by atoms with Gasteiger partial charge in [-0.2, -0.15) is 0 Å². The molecule has 1 aliphatic rings. The van der Waals surface area contributed by atoms with Gasteiger partial charge in [-0.15, -0.1) is 0 Å². The minimum Gasteiger partial charge on any atom is -0.397 e. The summed E-state index contributed by atoms with van der Waals surface area (Å²) < 4.78 is 22.8. The number of sulfone groups is 1. The van der Waals surface area contributed by atoms with Crippen molar-refractivity contribution in [3.63, 3.8) is 0 Å². The van der Waals surface area contributed by atoms with Gasteiger partial charge in [-0.25, -0.2) is 8.42 Å². The summed E-state index contributed by atoms with van der Waals surface area (Å²) in [6, 6.07) is 1.56. The zero-order valence-corrected chi connectivity index (χ0v) is 10.2. The van der Waals surface area contributed by atoms with Crippen LogP contribution in [-0.4, -0.2) is 48.8 Å². The number of H-pyrrole nitrogens is 1. The predicted octanol–water partition coefficient (Wildman–Crippen LogP) is -0.142. The van der Waals surface area contributed by atoms with Gasteiger partial charge in [0.15, 0.2) is 9.84 Å². The van der Waals surface area contributed by atoms with E-state index in [9.17, 15) is 13.2 Å². The molecule has 1 aromatic heterocycles. The number of anilines is 1. The number of aromatic amines is 1. The highest BCUT2D eigenvalue weighted by Crippen LogP contribution is 2.11. The second-order valence-corrected chi connectivity index (χ2v) is 6.45. The summed E-state index contributed by atoms with van der Waals surface area (Å²) in [5.74, 6) is -0.00252. The van der Waals surface area contributed by atoms with E-state index >= 15 is 0 Å². The first-order chi connectivity index (χ1) is 7.98. The number of hydrogen-bond donors (Lipinski definition) is 2. The smallest absolute Gasteiger partial charge is 0.270 e. The summed E-state index contributed by atoms with van der Waals surface area (Å²) in [7, 11) is -2.99. The number of aromatic nitrogens is 1. The van der Waals surface area contributed by atoms with Crippen LogP contribution in [0.5, 0.6) is 0 Å². The third-order valence-corrected chi connectivity index (χ3v) is 4.49. The maximum Gasteiger partial charge on any atom is 0.270 e. The highest BCUT2D eigenvalue weighted by Gasteiger charge is 2.23. The summed E-state index contributed by atoms with van der Waals surface area (Å²) in [5, 5.41) is 0. The fraction of sp³-hybridized carbons (Fsp3) is 0.500. The zero-order chi connectivity index (χ0) is 12.5. The number of nitrogens with zero attached hydrogens (tertiary/aromatic N) is 1. The Bertz CT molecular complexity index is 521. The summed E-state index contributed by atoms with van der Waals surface area (Å²) in [5.41, 5.74) is 6.42. The van der Waals surface area contributed by atoms with Gasteiger partial charge < -0.3 is 15.6 Å². The molecule has 94 valence electrons. The number of nitrogen functional groups attached to an aromatic ring is 1. The molecule has 17 heavy (non-hydrogen) atoms. The van der Waals surface area contributed by atoms with Gasteiger partial charge in [-0.05, 0) is 12.5 Å². The van der Waals surface area contributed by atoms with Crippen LogP contribution in [0.4, 0.5) is 5.69 Å². The Labute approximate surface area is 99.7 Å². The fourth-order valence-electron chi connectivity index (χ4n) is 1.85. The summed E-state index contributed by atoms with van der Waals surface area (Å²) in [6.07, 6.45) is 2.03. The van der Waals surface area contributed by atoms with E-state index in [4.69, 9.17) is 5.73 Å². The Hall–Kier alpha value is -1.50. The van der Waals surface area contributed by atoms with Gasteiger partial charge in [0.1, 0.15) is 5.69 Å². The van der Waals surface area contributed by atoms with E-state index in [-0.39, 0.29) is 24.0 Å². The minimum atomic E-state index is -2.99. The average Bonchev–Trinajstić information content (AvgIpc) is 2.60. The van der Waals surface area contributed by atoms with E-state index in [0.29, 0.717) is 24.3 Å². The van der Waals surface area contributed by atoms with Crippen molar-refractivity contribution in [3.05, 3.63) is 18.0 Å². The molecule has 2 rings (SSSR count). The molecule has 7 heteroatoms. The van der Waals surface area contributed by atoms with E-state index in [1.165, 1.54) is 0 Å². The van der Waals surface area contributed by atoms with Crippen molar-refractivity contribution in [2.45, 2.75) is 6.42 Å². The van der Waals surface area contributed by atoms with Crippen LogP contribution in [0, 0.1) is 0 Å². The molecule has 6 nitrogen and oxygen atoms in total. The molecule has 0 aliphatic carbocycles. The Morgan fingerprint density at radius 3 is 2.76 bits per heavy atom. The molecule has 1 aromatic rings. The number of rotatable bonds is 1. The topological polar surface area (TPSA) is 96.3 Å². The molecule has 3 N–H and O–H groups in total. The van der Waals surface area contributed by atoms with Crippen LogP contribution in [0.15, 0.2) is 12.3 Å². The molecule has 0 radical (unpaired) electrons. The Kier molecular flexibility index (Phi) is 3.10. The van der Waals surface area contributed by atoms with Gasteiger partial charge >= 0.3 is 0 Å². The minimum absolute atomic E-state index is 0.0366. The Morgan fingerprint density at radius 2 is 2.12 bits per heavy atom. The van der Waals surface area contributed by atoms with Crippen LogP contribution in [0.2, 0.25) is 0 Å². The van der Waals surface area contributed by atoms with Crippen LogP contribution in [-0.2, 0) is 9.84 Å². The van der Waals surface area contributed by atoms with E-state index in [2.05, 4.69) is 4.98 Å². The SMILES string of the molecule is Nc1c[nH]c(C(=O)N2CCCS(=O)(=O)CC2)c1. The second kappa shape index (κ2) is 4.40. The van der Waals surface area contributed by atoms with E-state index in [1.807, 2.05) is 0 Å². The van der Waals surface area contributed by atoms with E-state index in [0.717, 1.165) is 0 Å². The van der Waals surface area contributed by atoms with Crippen LogP contribution < -0.4 is 5.73 Å². The lowest BCUT2D eigenvalue weighted by Gasteiger charge is -2.18. The third kappa shape index (κ3) is 2.79. The highest BCUT2D eigenvalue weighted by atomic mass is 32.2. The van der Waals surface area contributed by atoms with Crippen LogP contribution in [0.25, 0.3) is 0 Å². The van der Waals surface area contributed by atoms with Crippen molar-refractivity contribution in [2.75, 3.05) is 30.3 Å². The molecule has 1 aliphatic heterocycles. The third-order valence-electron chi connectivity index (χ3n) is 2.78. The lowest BCUT2D eigenvalue weighted by molar-refractivity contribution is 0.0763. The van der Waals surface area contributed by atoms with Crippen molar-refractivity contribution in [1.29, 1.82) is 0 Å². The van der Waals surface area contributed by atoms with Crippen LogP contribution in [0.1, 0.15) is 16.9 Å². The van der Waals surface area contributed by atoms with Crippen molar-refractivity contribution in [1.82, 2.24) is 9.88 Å². The fourth-order valence-corrected chi connectivity index (χ4v) is 3.12. The van der Waals surface area contributed by atoms with Gasteiger partial charge in [0.05, 0.1) is 11.5 Å². The van der Waals surface area contributed by atoms with Gasteiger partial charge in [-0.1, -0.05) is 0 Å². The maximum absolute atomic E-state index is 12.0. The normalized spacial score (nSPS) is 19.9. The number of hydrogen-bond acceptors (Lipinski definition) is 4. The van der Waals surface area contributed by atoms with Crippen molar-refractivity contribution in [2.24, 2.45) is 0 Å². The van der Waals surface area contributed by atoms with Crippen LogP contribution in [0.3, 0.4) is 0 Å². The van der Waals surface area contributed by atoms with Crippen LogP contribution >= 0.6 is 0 Å². The number of nitrogens with two attached hydrogens (primary N) is 1. The second-order valence-electron chi connectivity index (χ2n) is 4.14. The average molecular weight is 257 g/mol. The monoisotopic (exact) mass is 257 g/mol. The van der Waals surface area contributed by atoms with Gasteiger partial charge in [0.2, 0.25) is 0 Å². The quantitative estimate of drug-likeness (QED) is 0.731. The predicted molar refractivity (Wildman–Crippen MR) is 64.4 cm³/mol. The molecule has 0 bridgehead atoms. The number of carbonyl (C=O) groups is 1. The van der Waals surface area contributed by atoms with Gasteiger partial charge in [0, 0.05) is 25.0 Å². The molecule has 0 atom stereocenters. The summed E-state index contributed by atoms with van der Waals surface area (Å²) >= 11 is 0.